The first kappa shape index (κ1) is 25.9. The maximum absolute atomic E-state index is 13.4. The zero-order valence-electron chi connectivity index (χ0n) is 18.0. The first-order valence-electron chi connectivity index (χ1n) is 10.1. The maximum Gasteiger partial charge on any atom is 0.331 e. The SMILES string of the molecule is O=C(COC(=O)/C=C/c1ccccc1F)NCCNC(=O)COC(=O)/C=C/c1ccccc1F. The summed E-state index contributed by atoms with van der Waals surface area (Å²) in [6.45, 7) is -1.04. The summed E-state index contributed by atoms with van der Waals surface area (Å²) in [6.07, 6.45) is 4.46. The largest absolute Gasteiger partial charge is 0.452 e. The molecular weight excluding hydrogens is 450 g/mol. The Morgan fingerprint density at radius 2 is 1.06 bits per heavy atom. The number of carbonyl (C=O) groups excluding carboxylic acids is 4. The van der Waals surface area contributed by atoms with Crippen LogP contribution in [-0.2, 0) is 28.7 Å². The second kappa shape index (κ2) is 13.9. The number of rotatable bonds is 11. The van der Waals surface area contributed by atoms with E-state index in [9.17, 15) is 28.0 Å². The Bertz CT molecular complexity index is 999. The van der Waals surface area contributed by atoms with Crippen LogP contribution in [0.3, 0.4) is 0 Å². The van der Waals surface area contributed by atoms with Gasteiger partial charge in [0.05, 0.1) is 0 Å². The van der Waals surface area contributed by atoms with E-state index in [1.807, 2.05) is 0 Å². The highest BCUT2D eigenvalue weighted by molar-refractivity contribution is 5.90. The lowest BCUT2D eigenvalue weighted by Crippen LogP contribution is -2.38. The summed E-state index contributed by atoms with van der Waals surface area (Å²) in [5.41, 5.74) is 0.401. The van der Waals surface area contributed by atoms with Crippen molar-refractivity contribution in [2.45, 2.75) is 0 Å². The Balaban J connectivity index is 1.56. The molecule has 8 nitrogen and oxygen atoms in total. The van der Waals surface area contributed by atoms with E-state index in [0.717, 1.165) is 12.2 Å². The summed E-state index contributed by atoms with van der Waals surface area (Å²) in [4.78, 5) is 46.5. The van der Waals surface area contributed by atoms with Gasteiger partial charge >= 0.3 is 11.9 Å². The molecular formula is C24H22F2N2O6. The molecule has 178 valence electrons. The molecule has 0 radical (unpaired) electrons. The number of halogens is 2. The average Bonchev–Trinajstić information content (AvgIpc) is 2.83. The summed E-state index contributed by atoms with van der Waals surface area (Å²) in [5.74, 6) is -3.85. The normalized spacial score (nSPS) is 10.8. The standard InChI is InChI=1S/C24H22F2N2O6/c25-19-7-3-1-5-17(19)9-11-23(31)33-15-21(29)27-13-14-28-22(30)16-34-24(32)12-10-18-6-2-4-8-20(18)26/h1-12H,13-16H2,(H,27,29)(H,28,30)/b11-9+,12-10+. The van der Waals surface area contributed by atoms with Crippen LogP contribution in [0.1, 0.15) is 11.1 Å². The van der Waals surface area contributed by atoms with Gasteiger partial charge in [0.2, 0.25) is 0 Å². The first-order valence-corrected chi connectivity index (χ1v) is 10.1. The van der Waals surface area contributed by atoms with Gasteiger partial charge < -0.3 is 20.1 Å². The molecule has 0 atom stereocenters. The van der Waals surface area contributed by atoms with Gasteiger partial charge in [-0.25, -0.2) is 18.4 Å². The second-order valence-corrected chi connectivity index (χ2v) is 6.63. The van der Waals surface area contributed by atoms with Crippen molar-refractivity contribution in [1.29, 1.82) is 0 Å². The van der Waals surface area contributed by atoms with Crippen LogP contribution >= 0.6 is 0 Å². The molecule has 2 rings (SSSR count). The lowest BCUT2D eigenvalue weighted by Gasteiger charge is -2.07. The van der Waals surface area contributed by atoms with Crippen molar-refractivity contribution >= 4 is 35.9 Å². The summed E-state index contributed by atoms with van der Waals surface area (Å²) in [6, 6.07) is 11.7. The maximum atomic E-state index is 13.4. The van der Waals surface area contributed by atoms with Gasteiger partial charge in [0, 0.05) is 36.4 Å². The van der Waals surface area contributed by atoms with Gasteiger partial charge in [0.1, 0.15) is 11.6 Å². The number of esters is 2. The van der Waals surface area contributed by atoms with Crippen LogP contribution in [0.15, 0.2) is 60.7 Å². The number of benzene rings is 2. The van der Waals surface area contributed by atoms with Gasteiger partial charge in [0.15, 0.2) is 13.2 Å². The van der Waals surface area contributed by atoms with Gasteiger partial charge in [-0.2, -0.15) is 0 Å². The Kier molecular flexibility index (Phi) is 10.6. The van der Waals surface area contributed by atoms with Crippen LogP contribution < -0.4 is 10.6 Å². The molecule has 0 fully saturated rings. The molecule has 2 aromatic carbocycles. The first-order chi connectivity index (χ1) is 16.3. The number of ether oxygens (including phenoxy) is 2. The molecule has 0 aromatic heterocycles. The monoisotopic (exact) mass is 472 g/mol. The second-order valence-electron chi connectivity index (χ2n) is 6.63. The molecule has 0 aliphatic heterocycles. The highest BCUT2D eigenvalue weighted by atomic mass is 19.1. The highest BCUT2D eigenvalue weighted by Gasteiger charge is 2.07. The van der Waals surface area contributed by atoms with Gasteiger partial charge in [-0.15, -0.1) is 0 Å². The predicted molar refractivity (Wildman–Crippen MR) is 119 cm³/mol. The van der Waals surface area contributed by atoms with E-state index in [1.54, 1.807) is 12.1 Å². The molecule has 2 aromatic rings. The van der Waals surface area contributed by atoms with E-state index in [4.69, 9.17) is 9.47 Å². The van der Waals surface area contributed by atoms with Crippen molar-refractivity contribution in [3.63, 3.8) is 0 Å². The molecule has 0 spiro atoms. The van der Waals surface area contributed by atoms with Gasteiger partial charge in [-0.3, -0.25) is 9.59 Å². The topological polar surface area (TPSA) is 111 Å². The van der Waals surface area contributed by atoms with E-state index >= 15 is 0 Å². The number of amides is 2. The zero-order chi connectivity index (χ0) is 24.8. The van der Waals surface area contributed by atoms with Gasteiger partial charge in [-0.1, -0.05) is 36.4 Å². The number of carbonyl (C=O) groups is 4. The van der Waals surface area contributed by atoms with Crippen LogP contribution in [0.5, 0.6) is 0 Å². The number of hydrogen-bond acceptors (Lipinski definition) is 6. The van der Waals surface area contributed by atoms with Crippen molar-refractivity contribution in [2.75, 3.05) is 26.3 Å². The highest BCUT2D eigenvalue weighted by Crippen LogP contribution is 2.09. The third-order valence-corrected chi connectivity index (χ3v) is 4.07. The Hall–Kier alpha value is -4.34. The Morgan fingerprint density at radius 3 is 1.44 bits per heavy atom. The number of nitrogens with one attached hydrogen (secondary N) is 2. The van der Waals surface area contributed by atoms with E-state index < -0.39 is 48.6 Å². The van der Waals surface area contributed by atoms with E-state index in [0.29, 0.717) is 0 Å². The lowest BCUT2D eigenvalue weighted by molar-refractivity contribution is -0.144. The fourth-order valence-corrected chi connectivity index (χ4v) is 2.41. The van der Waals surface area contributed by atoms with Crippen LogP contribution in [0.2, 0.25) is 0 Å². The Morgan fingerprint density at radius 1 is 0.676 bits per heavy atom. The third-order valence-electron chi connectivity index (χ3n) is 4.07. The molecule has 0 saturated carbocycles. The predicted octanol–water partition coefficient (Wildman–Crippen LogP) is 2.01. The van der Waals surface area contributed by atoms with E-state index in [2.05, 4.69) is 10.6 Å². The van der Waals surface area contributed by atoms with Crippen molar-refractivity contribution in [3.8, 4) is 0 Å². The van der Waals surface area contributed by atoms with Gasteiger partial charge in [0.25, 0.3) is 11.8 Å². The number of hydrogen-bond donors (Lipinski definition) is 2. The smallest absolute Gasteiger partial charge is 0.331 e. The lowest BCUT2D eigenvalue weighted by atomic mass is 10.2. The van der Waals surface area contributed by atoms with Crippen LogP contribution in [0.4, 0.5) is 8.78 Å². The van der Waals surface area contributed by atoms with E-state index in [1.165, 1.54) is 48.6 Å². The molecule has 2 amide bonds. The minimum atomic E-state index is -0.822. The van der Waals surface area contributed by atoms with Crippen molar-refractivity contribution < 1.29 is 37.4 Å². The minimum absolute atomic E-state index is 0.0360. The fraction of sp³-hybridized carbons (Fsp3) is 0.167. The van der Waals surface area contributed by atoms with Crippen molar-refractivity contribution in [1.82, 2.24) is 10.6 Å². The van der Waals surface area contributed by atoms with Gasteiger partial charge in [-0.05, 0) is 24.3 Å². The van der Waals surface area contributed by atoms with Crippen molar-refractivity contribution in [3.05, 3.63) is 83.4 Å². The minimum Gasteiger partial charge on any atom is -0.452 e. The molecule has 2 N–H and O–H groups in total. The fourth-order valence-electron chi connectivity index (χ4n) is 2.41. The molecule has 0 aliphatic rings. The van der Waals surface area contributed by atoms with Crippen LogP contribution in [0.25, 0.3) is 12.2 Å². The molecule has 34 heavy (non-hydrogen) atoms. The molecule has 0 heterocycles. The summed E-state index contributed by atoms with van der Waals surface area (Å²) in [5, 5.41) is 4.83. The van der Waals surface area contributed by atoms with Crippen molar-refractivity contribution in [2.24, 2.45) is 0 Å². The van der Waals surface area contributed by atoms with Crippen LogP contribution in [0, 0.1) is 11.6 Å². The molecule has 10 heteroatoms. The average molecular weight is 472 g/mol. The van der Waals surface area contributed by atoms with E-state index in [-0.39, 0.29) is 24.2 Å². The van der Waals surface area contributed by atoms with Crippen LogP contribution in [-0.4, -0.2) is 50.1 Å². The third kappa shape index (κ3) is 9.86. The zero-order valence-corrected chi connectivity index (χ0v) is 18.0. The molecule has 0 bridgehead atoms. The summed E-state index contributed by atoms with van der Waals surface area (Å²) < 4.78 is 36.4. The summed E-state index contributed by atoms with van der Waals surface area (Å²) >= 11 is 0. The molecule has 0 unspecified atom stereocenters. The summed E-state index contributed by atoms with van der Waals surface area (Å²) in [7, 11) is 0. The molecule has 0 aliphatic carbocycles. The Labute approximate surface area is 194 Å². The quantitative estimate of drug-likeness (QED) is 0.294. The molecule has 0 saturated heterocycles.